The molecule has 0 saturated heterocycles. The first-order valence-electron chi connectivity index (χ1n) is 9.00. The van der Waals surface area contributed by atoms with Gasteiger partial charge in [-0.3, -0.25) is 4.90 Å². The fraction of sp³-hybridized carbons (Fsp3) is 0.450. The number of nitrogens with zero attached hydrogens (tertiary/aromatic N) is 2. The summed E-state index contributed by atoms with van der Waals surface area (Å²) in [4.78, 5) is 5.41. The molecule has 1 unspecified atom stereocenters. The van der Waals surface area contributed by atoms with Crippen LogP contribution in [0.25, 0.3) is 11.1 Å². The molecule has 3 rings (SSSR count). The van der Waals surface area contributed by atoms with E-state index >= 15 is 0 Å². The average Bonchev–Trinajstić information content (AvgIpc) is 2.59. The zero-order valence-corrected chi connectivity index (χ0v) is 15.6. The maximum atomic E-state index is 14.2. The van der Waals surface area contributed by atoms with Crippen molar-refractivity contribution >= 4 is 0 Å². The molecule has 1 atom stereocenters. The second kappa shape index (κ2) is 7.66. The summed E-state index contributed by atoms with van der Waals surface area (Å²) < 4.78 is 71.6. The summed E-state index contributed by atoms with van der Waals surface area (Å²) in [5, 5.41) is 0. The monoisotopic (exact) mass is 400 g/mol. The zero-order valence-electron chi connectivity index (χ0n) is 15.6. The van der Waals surface area contributed by atoms with Gasteiger partial charge in [0.25, 0.3) is 0 Å². The standard InChI is InChI=1S/C20H21F5N2O/c1-3-19(11-27(2)12-20(23,24)25)8-6-16-14(7-9-26-18(16)28-19)15-5-4-13(21)10-17(15)22/h4-5,7,9-10H,3,6,8,11-12H2,1-2H3. The molecule has 0 spiro atoms. The van der Waals surface area contributed by atoms with Gasteiger partial charge < -0.3 is 4.74 Å². The van der Waals surface area contributed by atoms with E-state index in [0.717, 1.165) is 6.07 Å². The van der Waals surface area contributed by atoms with E-state index in [0.29, 0.717) is 30.4 Å². The fourth-order valence-electron chi connectivity index (χ4n) is 3.70. The summed E-state index contributed by atoms with van der Waals surface area (Å²) in [6.07, 6.45) is -1.38. The lowest BCUT2D eigenvalue weighted by molar-refractivity contribution is -0.148. The minimum atomic E-state index is -4.29. The number of ether oxygens (including phenoxy) is 1. The van der Waals surface area contributed by atoms with Gasteiger partial charge in [0.15, 0.2) is 0 Å². The van der Waals surface area contributed by atoms with E-state index in [1.54, 1.807) is 6.07 Å². The van der Waals surface area contributed by atoms with Crippen LogP contribution in [0.3, 0.4) is 0 Å². The minimum Gasteiger partial charge on any atom is -0.469 e. The highest BCUT2D eigenvalue weighted by Gasteiger charge is 2.39. The van der Waals surface area contributed by atoms with E-state index in [2.05, 4.69) is 4.98 Å². The molecule has 1 aromatic carbocycles. The van der Waals surface area contributed by atoms with Crippen LogP contribution in [0.4, 0.5) is 22.0 Å². The lowest BCUT2D eigenvalue weighted by Crippen LogP contribution is -2.50. The van der Waals surface area contributed by atoms with Crippen LogP contribution in [-0.4, -0.2) is 41.8 Å². The van der Waals surface area contributed by atoms with E-state index in [1.807, 2.05) is 6.92 Å². The predicted octanol–water partition coefficient (Wildman–Crippen LogP) is 4.99. The molecule has 2 heterocycles. The first kappa shape index (κ1) is 20.5. The van der Waals surface area contributed by atoms with Gasteiger partial charge in [0.1, 0.15) is 17.2 Å². The number of pyridine rings is 1. The van der Waals surface area contributed by atoms with Gasteiger partial charge >= 0.3 is 6.18 Å². The Kier molecular flexibility index (Phi) is 5.61. The van der Waals surface area contributed by atoms with Crippen LogP contribution in [0.1, 0.15) is 25.3 Å². The molecule has 0 radical (unpaired) electrons. The molecule has 0 N–H and O–H groups in total. The molecule has 152 valence electrons. The molecule has 0 bridgehead atoms. The van der Waals surface area contributed by atoms with Gasteiger partial charge in [-0.2, -0.15) is 13.2 Å². The normalized spacial score (nSPS) is 19.4. The number of fused-ring (bicyclic) bond motifs is 1. The summed E-state index contributed by atoms with van der Waals surface area (Å²) in [5.41, 5.74) is 0.660. The Hall–Kier alpha value is -2.22. The van der Waals surface area contributed by atoms with Crippen LogP contribution in [0, 0.1) is 11.6 Å². The largest absolute Gasteiger partial charge is 0.469 e. The van der Waals surface area contributed by atoms with Gasteiger partial charge in [0, 0.05) is 29.9 Å². The van der Waals surface area contributed by atoms with Gasteiger partial charge in [-0.15, -0.1) is 0 Å². The van der Waals surface area contributed by atoms with Crippen LogP contribution in [-0.2, 0) is 6.42 Å². The number of benzene rings is 1. The average molecular weight is 400 g/mol. The van der Waals surface area contributed by atoms with E-state index in [1.165, 1.54) is 30.3 Å². The Balaban J connectivity index is 1.89. The summed E-state index contributed by atoms with van der Waals surface area (Å²) in [6, 6.07) is 4.98. The van der Waals surface area contributed by atoms with Gasteiger partial charge in [-0.25, -0.2) is 13.8 Å². The van der Waals surface area contributed by atoms with Crippen molar-refractivity contribution in [2.45, 2.75) is 38.0 Å². The first-order valence-corrected chi connectivity index (χ1v) is 9.00. The summed E-state index contributed by atoms with van der Waals surface area (Å²) >= 11 is 0. The third-order valence-corrected chi connectivity index (χ3v) is 5.03. The van der Waals surface area contributed by atoms with Crippen LogP contribution < -0.4 is 4.74 Å². The van der Waals surface area contributed by atoms with Crippen molar-refractivity contribution in [1.29, 1.82) is 0 Å². The van der Waals surface area contributed by atoms with Gasteiger partial charge in [-0.05, 0) is 50.1 Å². The molecule has 0 saturated carbocycles. The Bertz CT molecular complexity index is 855. The SMILES string of the molecule is CCC1(CN(C)CC(F)(F)F)CCc2c(-c3ccc(F)cc3F)ccnc2O1. The summed E-state index contributed by atoms with van der Waals surface area (Å²) in [5.74, 6) is -1.07. The lowest BCUT2D eigenvalue weighted by Gasteiger charge is -2.40. The molecule has 0 amide bonds. The Labute approximate surface area is 160 Å². The maximum absolute atomic E-state index is 14.2. The molecule has 28 heavy (non-hydrogen) atoms. The van der Waals surface area contributed by atoms with Gasteiger partial charge in [0.2, 0.25) is 5.88 Å². The van der Waals surface area contributed by atoms with Crippen LogP contribution in [0.5, 0.6) is 5.88 Å². The molecule has 1 aliphatic rings. The van der Waals surface area contributed by atoms with Crippen molar-refractivity contribution in [2.75, 3.05) is 20.1 Å². The number of aromatic nitrogens is 1. The molecule has 3 nitrogen and oxygen atoms in total. The lowest BCUT2D eigenvalue weighted by atomic mass is 9.86. The number of likely N-dealkylation sites (N-methyl/N-ethyl adjacent to an activating group) is 1. The molecule has 0 aliphatic carbocycles. The highest BCUT2D eigenvalue weighted by Crippen LogP contribution is 2.40. The number of hydrogen-bond donors (Lipinski definition) is 0. The predicted molar refractivity (Wildman–Crippen MR) is 95.1 cm³/mol. The Morgan fingerprint density at radius 1 is 1.18 bits per heavy atom. The van der Waals surface area contributed by atoms with Crippen molar-refractivity contribution in [3.63, 3.8) is 0 Å². The first-order chi connectivity index (χ1) is 13.1. The molecule has 2 aromatic rings. The number of halogens is 5. The van der Waals surface area contributed by atoms with Crippen LogP contribution in [0.15, 0.2) is 30.5 Å². The van der Waals surface area contributed by atoms with Crippen LogP contribution in [0.2, 0.25) is 0 Å². The quantitative estimate of drug-likeness (QED) is 0.661. The van der Waals surface area contributed by atoms with Crippen molar-refractivity contribution in [3.8, 4) is 17.0 Å². The molecule has 0 fully saturated rings. The highest BCUT2D eigenvalue weighted by molar-refractivity contribution is 5.70. The van der Waals surface area contributed by atoms with Crippen molar-refractivity contribution in [1.82, 2.24) is 9.88 Å². The molecular weight excluding hydrogens is 379 g/mol. The zero-order chi connectivity index (χ0) is 20.5. The Morgan fingerprint density at radius 2 is 1.93 bits per heavy atom. The molecule has 1 aromatic heterocycles. The van der Waals surface area contributed by atoms with Crippen LogP contribution >= 0.6 is 0 Å². The molecule has 1 aliphatic heterocycles. The maximum Gasteiger partial charge on any atom is 0.401 e. The second-order valence-electron chi connectivity index (χ2n) is 7.19. The number of hydrogen-bond acceptors (Lipinski definition) is 3. The molecular formula is C20H21F5N2O. The summed E-state index contributed by atoms with van der Waals surface area (Å²) in [6.45, 7) is 0.925. The van der Waals surface area contributed by atoms with Crippen molar-refractivity contribution in [3.05, 3.63) is 47.7 Å². The highest BCUT2D eigenvalue weighted by atomic mass is 19.4. The molecule has 8 heteroatoms. The third kappa shape index (κ3) is 4.43. The van der Waals surface area contributed by atoms with E-state index in [-0.39, 0.29) is 18.0 Å². The minimum absolute atomic E-state index is 0.0965. The topological polar surface area (TPSA) is 25.4 Å². The van der Waals surface area contributed by atoms with Crippen molar-refractivity contribution in [2.24, 2.45) is 0 Å². The fourth-order valence-corrected chi connectivity index (χ4v) is 3.70. The van der Waals surface area contributed by atoms with Crippen molar-refractivity contribution < 1.29 is 26.7 Å². The summed E-state index contributed by atoms with van der Waals surface area (Å²) in [7, 11) is 1.40. The third-order valence-electron chi connectivity index (χ3n) is 5.03. The smallest absolute Gasteiger partial charge is 0.401 e. The van der Waals surface area contributed by atoms with E-state index in [4.69, 9.17) is 4.74 Å². The second-order valence-corrected chi connectivity index (χ2v) is 7.19. The number of rotatable bonds is 5. The van der Waals surface area contributed by atoms with E-state index < -0.39 is 30.0 Å². The Morgan fingerprint density at radius 3 is 2.57 bits per heavy atom. The van der Waals surface area contributed by atoms with Gasteiger partial charge in [0.05, 0.1) is 6.54 Å². The van der Waals surface area contributed by atoms with E-state index in [9.17, 15) is 22.0 Å². The van der Waals surface area contributed by atoms with Gasteiger partial charge in [-0.1, -0.05) is 6.92 Å². The number of alkyl halides is 3.